The van der Waals surface area contributed by atoms with E-state index < -0.39 is 0 Å². The standard InChI is InChI=1S/C47H28N2OS/c1-2-10-29(11-3-1)31-22-24-34(25-23-31)49(41-18-9-15-36-35-14-6-7-19-42(35)51-46(36)41)40-27-26-38-43-37(40)16-8-17-39(43)45-44(38)48-47(50-45)33-21-20-30-12-4-5-13-32(30)28-33/h1-28H. The molecule has 1 aliphatic carbocycles. The molecule has 3 nitrogen and oxygen atoms in total. The van der Waals surface area contributed by atoms with Gasteiger partial charge in [-0.05, 0) is 70.4 Å². The number of fused-ring (bicyclic) bond motifs is 7. The van der Waals surface area contributed by atoms with Crippen molar-refractivity contribution < 1.29 is 4.42 Å². The van der Waals surface area contributed by atoms with E-state index in [4.69, 9.17) is 9.40 Å². The molecule has 2 heterocycles. The van der Waals surface area contributed by atoms with Gasteiger partial charge in [-0.1, -0.05) is 121 Å². The molecule has 11 rings (SSSR count). The molecule has 1 aliphatic rings. The molecule has 0 N–H and O–H groups in total. The fraction of sp³-hybridized carbons (Fsp3) is 0. The summed E-state index contributed by atoms with van der Waals surface area (Å²) < 4.78 is 9.18. The molecular formula is C47H28N2OS. The number of hydrogen-bond donors (Lipinski definition) is 0. The maximum Gasteiger partial charge on any atom is 0.227 e. The fourth-order valence-corrected chi connectivity index (χ4v) is 9.06. The van der Waals surface area contributed by atoms with E-state index >= 15 is 0 Å². The topological polar surface area (TPSA) is 29.3 Å². The molecule has 0 atom stereocenters. The maximum absolute atomic E-state index is 6.63. The number of nitrogens with zero attached hydrogens (tertiary/aromatic N) is 2. The average molecular weight is 669 g/mol. The SMILES string of the molecule is c1ccc(-c2ccc(N(c3ccc4c5c(cccc35)-c3oc(-c5ccc6ccccc6c5)nc3-4)c3cccc4c3sc3ccccc34)cc2)cc1. The lowest BCUT2D eigenvalue weighted by atomic mass is 10.00. The van der Waals surface area contributed by atoms with Crippen molar-refractivity contribution in [1.82, 2.24) is 4.98 Å². The zero-order valence-corrected chi connectivity index (χ0v) is 28.2. The highest BCUT2D eigenvalue weighted by atomic mass is 32.1. The monoisotopic (exact) mass is 668 g/mol. The lowest BCUT2D eigenvalue weighted by Gasteiger charge is -2.28. The van der Waals surface area contributed by atoms with E-state index in [0.29, 0.717) is 5.89 Å². The molecule has 0 spiro atoms. The van der Waals surface area contributed by atoms with Crippen LogP contribution in [0, 0.1) is 0 Å². The quantitative estimate of drug-likeness (QED) is 0.183. The minimum atomic E-state index is 0.647. The normalized spacial score (nSPS) is 11.9. The van der Waals surface area contributed by atoms with Crippen molar-refractivity contribution in [3.8, 4) is 45.2 Å². The summed E-state index contributed by atoms with van der Waals surface area (Å²) in [5, 5.41) is 7.28. The summed E-state index contributed by atoms with van der Waals surface area (Å²) in [6.07, 6.45) is 0. The first-order valence-electron chi connectivity index (χ1n) is 17.2. The summed E-state index contributed by atoms with van der Waals surface area (Å²) in [5.74, 6) is 1.48. The van der Waals surface area contributed by atoms with Crippen LogP contribution >= 0.6 is 11.3 Å². The first kappa shape index (κ1) is 28.4. The van der Waals surface area contributed by atoms with Gasteiger partial charge in [0, 0.05) is 48.6 Å². The Morgan fingerprint density at radius 3 is 2.12 bits per heavy atom. The highest BCUT2D eigenvalue weighted by Crippen LogP contribution is 2.53. The van der Waals surface area contributed by atoms with Gasteiger partial charge in [-0.25, -0.2) is 4.98 Å². The number of rotatable bonds is 5. The summed E-state index contributed by atoms with van der Waals surface area (Å²) in [6, 6.07) is 60.8. The van der Waals surface area contributed by atoms with Crippen molar-refractivity contribution in [1.29, 1.82) is 0 Å². The summed E-state index contributed by atoms with van der Waals surface area (Å²) in [4.78, 5) is 7.56. The van der Waals surface area contributed by atoms with E-state index in [2.05, 4.69) is 175 Å². The minimum absolute atomic E-state index is 0.647. The molecule has 0 saturated heterocycles. The van der Waals surface area contributed by atoms with Crippen LogP contribution in [0.15, 0.2) is 174 Å². The molecule has 0 amide bonds. The van der Waals surface area contributed by atoms with Crippen LogP contribution in [-0.2, 0) is 0 Å². The number of benzene rings is 8. The first-order valence-corrected chi connectivity index (χ1v) is 18.0. The largest absolute Gasteiger partial charge is 0.435 e. The summed E-state index contributed by atoms with van der Waals surface area (Å²) in [5.41, 5.74) is 9.85. The molecule has 238 valence electrons. The minimum Gasteiger partial charge on any atom is -0.435 e. The molecule has 0 fully saturated rings. The Morgan fingerprint density at radius 1 is 0.490 bits per heavy atom. The second-order valence-electron chi connectivity index (χ2n) is 13.1. The van der Waals surface area contributed by atoms with Gasteiger partial charge in [0.1, 0.15) is 5.69 Å². The highest BCUT2D eigenvalue weighted by molar-refractivity contribution is 7.26. The first-order chi connectivity index (χ1) is 25.3. The molecule has 4 heteroatoms. The van der Waals surface area contributed by atoms with Gasteiger partial charge in [0.15, 0.2) is 5.76 Å². The summed E-state index contributed by atoms with van der Waals surface area (Å²) >= 11 is 1.85. The third kappa shape index (κ3) is 4.33. The summed E-state index contributed by atoms with van der Waals surface area (Å²) in [6.45, 7) is 0. The smallest absolute Gasteiger partial charge is 0.227 e. The Balaban J connectivity index is 1.10. The Labute approximate surface area is 298 Å². The van der Waals surface area contributed by atoms with Crippen molar-refractivity contribution in [3.05, 3.63) is 170 Å². The van der Waals surface area contributed by atoms with Gasteiger partial charge < -0.3 is 9.32 Å². The Bertz CT molecular complexity index is 2950. The Morgan fingerprint density at radius 2 is 1.22 bits per heavy atom. The number of oxazole rings is 1. The van der Waals surface area contributed by atoms with Gasteiger partial charge in [-0.3, -0.25) is 0 Å². The number of anilines is 3. The molecule has 8 aromatic carbocycles. The van der Waals surface area contributed by atoms with E-state index in [1.54, 1.807) is 0 Å². The molecule has 0 unspecified atom stereocenters. The molecule has 10 aromatic rings. The second kappa shape index (κ2) is 11.0. The van der Waals surface area contributed by atoms with Crippen molar-refractivity contribution in [2.75, 3.05) is 4.90 Å². The highest BCUT2D eigenvalue weighted by Gasteiger charge is 2.30. The van der Waals surface area contributed by atoms with Crippen LogP contribution < -0.4 is 4.90 Å². The second-order valence-corrected chi connectivity index (χ2v) is 14.2. The van der Waals surface area contributed by atoms with E-state index in [-0.39, 0.29) is 0 Å². The van der Waals surface area contributed by atoms with E-state index in [0.717, 1.165) is 50.6 Å². The van der Waals surface area contributed by atoms with Crippen LogP contribution in [0.1, 0.15) is 0 Å². The maximum atomic E-state index is 6.63. The summed E-state index contributed by atoms with van der Waals surface area (Å²) in [7, 11) is 0. The molecular weight excluding hydrogens is 641 g/mol. The van der Waals surface area contributed by atoms with Crippen molar-refractivity contribution in [2.45, 2.75) is 0 Å². The number of hydrogen-bond acceptors (Lipinski definition) is 4. The van der Waals surface area contributed by atoms with Gasteiger partial charge >= 0.3 is 0 Å². The van der Waals surface area contributed by atoms with E-state index in [9.17, 15) is 0 Å². The van der Waals surface area contributed by atoms with Crippen LogP contribution in [0.25, 0.3) is 86.9 Å². The Hall–Kier alpha value is -6.49. The zero-order valence-electron chi connectivity index (χ0n) is 27.4. The van der Waals surface area contributed by atoms with E-state index in [1.165, 1.54) is 47.5 Å². The van der Waals surface area contributed by atoms with E-state index in [1.807, 2.05) is 11.3 Å². The van der Waals surface area contributed by atoms with Gasteiger partial charge in [-0.2, -0.15) is 0 Å². The third-order valence-corrected chi connectivity index (χ3v) is 11.4. The lowest BCUT2D eigenvalue weighted by molar-refractivity contribution is 0.590. The van der Waals surface area contributed by atoms with Crippen molar-refractivity contribution >= 4 is 70.1 Å². The molecule has 51 heavy (non-hydrogen) atoms. The predicted molar refractivity (Wildman–Crippen MR) is 214 cm³/mol. The molecule has 0 radical (unpaired) electrons. The van der Waals surface area contributed by atoms with Gasteiger partial charge in [0.25, 0.3) is 0 Å². The fourth-order valence-electron chi connectivity index (χ4n) is 7.85. The lowest BCUT2D eigenvalue weighted by Crippen LogP contribution is -2.10. The predicted octanol–water partition coefficient (Wildman–Crippen LogP) is 13.8. The third-order valence-electron chi connectivity index (χ3n) is 10.2. The zero-order chi connectivity index (χ0) is 33.5. The molecule has 0 aliphatic heterocycles. The molecule has 0 bridgehead atoms. The van der Waals surface area contributed by atoms with Crippen molar-refractivity contribution in [2.24, 2.45) is 0 Å². The molecule has 0 saturated carbocycles. The van der Waals surface area contributed by atoms with Crippen LogP contribution in [-0.4, -0.2) is 4.98 Å². The number of aromatic nitrogens is 1. The van der Waals surface area contributed by atoms with Crippen LogP contribution in [0.5, 0.6) is 0 Å². The number of thiophene rings is 1. The van der Waals surface area contributed by atoms with Gasteiger partial charge in [0.2, 0.25) is 5.89 Å². The van der Waals surface area contributed by atoms with Crippen molar-refractivity contribution in [3.63, 3.8) is 0 Å². The average Bonchev–Trinajstić information content (AvgIpc) is 3.89. The van der Waals surface area contributed by atoms with Crippen LogP contribution in [0.2, 0.25) is 0 Å². The molecule has 2 aromatic heterocycles. The van der Waals surface area contributed by atoms with Crippen LogP contribution in [0.4, 0.5) is 17.1 Å². The van der Waals surface area contributed by atoms with Gasteiger partial charge in [0.05, 0.1) is 16.1 Å². The Kier molecular flexibility index (Phi) is 6.12. The van der Waals surface area contributed by atoms with Gasteiger partial charge in [-0.15, -0.1) is 11.3 Å². The van der Waals surface area contributed by atoms with Crippen LogP contribution in [0.3, 0.4) is 0 Å².